The van der Waals surface area contributed by atoms with Crippen molar-refractivity contribution in [1.29, 1.82) is 0 Å². The van der Waals surface area contributed by atoms with Crippen LogP contribution < -0.4 is 5.32 Å². The molecule has 2 N–H and O–H groups in total. The summed E-state index contributed by atoms with van der Waals surface area (Å²) in [5.41, 5.74) is -0.0695. The van der Waals surface area contributed by atoms with Crippen LogP contribution in [0.2, 0.25) is 0 Å². The van der Waals surface area contributed by atoms with Crippen molar-refractivity contribution in [3.8, 4) is 11.3 Å². The van der Waals surface area contributed by atoms with Crippen molar-refractivity contribution in [2.45, 2.75) is 19.0 Å². The SMILES string of the molecule is FC(F)(F)c1ccccc1-c1cnc(CC2CCNC2)[nH]1. The zero-order chi connectivity index (χ0) is 14.9. The Kier molecular flexibility index (Phi) is 3.71. The lowest BCUT2D eigenvalue weighted by molar-refractivity contribution is -0.137. The highest BCUT2D eigenvalue weighted by atomic mass is 19.4. The molecule has 112 valence electrons. The number of halogens is 3. The fourth-order valence-electron chi connectivity index (χ4n) is 2.73. The molecule has 1 aromatic heterocycles. The van der Waals surface area contributed by atoms with Crippen molar-refractivity contribution in [2.24, 2.45) is 5.92 Å². The summed E-state index contributed by atoms with van der Waals surface area (Å²) in [6.07, 6.45) is -1.03. The molecule has 1 aliphatic heterocycles. The zero-order valence-corrected chi connectivity index (χ0v) is 11.4. The van der Waals surface area contributed by atoms with Gasteiger partial charge in [-0.25, -0.2) is 4.98 Å². The molecule has 0 aliphatic carbocycles. The second-order valence-electron chi connectivity index (χ2n) is 5.35. The van der Waals surface area contributed by atoms with E-state index in [1.807, 2.05) is 0 Å². The summed E-state index contributed by atoms with van der Waals surface area (Å²) in [7, 11) is 0. The Hall–Kier alpha value is -1.82. The molecule has 3 rings (SSSR count). The largest absolute Gasteiger partial charge is 0.417 e. The van der Waals surface area contributed by atoms with E-state index in [1.165, 1.54) is 18.3 Å². The fraction of sp³-hybridized carbons (Fsp3) is 0.400. The molecule has 1 saturated heterocycles. The van der Waals surface area contributed by atoms with E-state index in [1.54, 1.807) is 6.07 Å². The van der Waals surface area contributed by atoms with Crippen LogP contribution in [-0.4, -0.2) is 23.1 Å². The lowest BCUT2D eigenvalue weighted by Crippen LogP contribution is -2.11. The maximum absolute atomic E-state index is 13.0. The van der Waals surface area contributed by atoms with Crippen molar-refractivity contribution in [3.63, 3.8) is 0 Å². The lowest BCUT2D eigenvalue weighted by Gasteiger charge is -2.11. The average molecular weight is 295 g/mol. The average Bonchev–Trinajstić information content (AvgIpc) is 3.10. The van der Waals surface area contributed by atoms with Gasteiger partial charge in [0.15, 0.2) is 0 Å². The van der Waals surface area contributed by atoms with Crippen LogP contribution in [0, 0.1) is 5.92 Å². The molecule has 1 atom stereocenters. The van der Waals surface area contributed by atoms with E-state index in [0.29, 0.717) is 11.6 Å². The Morgan fingerprint density at radius 3 is 2.76 bits per heavy atom. The number of nitrogens with zero attached hydrogens (tertiary/aromatic N) is 1. The minimum Gasteiger partial charge on any atom is -0.342 e. The number of benzene rings is 1. The molecule has 0 saturated carbocycles. The van der Waals surface area contributed by atoms with Gasteiger partial charge in [-0.1, -0.05) is 18.2 Å². The number of hydrogen-bond acceptors (Lipinski definition) is 2. The molecule has 1 unspecified atom stereocenters. The third-order valence-corrected chi connectivity index (χ3v) is 3.80. The number of aromatic nitrogens is 2. The summed E-state index contributed by atoms with van der Waals surface area (Å²) in [6, 6.07) is 5.56. The van der Waals surface area contributed by atoms with Crippen LogP contribution in [0.25, 0.3) is 11.3 Å². The Labute approximate surface area is 120 Å². The minimum atomic E-state index is -4.36. The molecule has 21 heavy (non-hydrogen) atoms. The van der Waals surface area contributed by atoms with Gasteiger partial charge in [-0.2, -0.15) is 13.2 Å². The molecule has 0 radical (unpaired) electrons. The Morgan fingerprint density at radius 2 is 2.05 bits per heavy atom. The van der Waals surface area contributed by atoms with E-state index in [9.17, 15) is 13.2 Å². The van der Waals surface area contributed by atoms with Crippen molar-refractivity contribution in [1.82, 2.24) is 15.3 Å². The van der Waals surface area contributed by atoms with Crippen molar-refractivity contribution < 1.29 is 13.2 Å². The summed E-state index contributed by atoms with van der Waals surface area (Å²) in [5.74, 6) is 1.25. The Morgan fingerprint density at radius 1 is 1.24 bits per heavy atom. The standard InChI is InChI=1S/C15H16F3N3/c16-15(17,18)12-4-2-1-3-11(12)13-9-20-14(21-13)7-10-5-6-19-8-10/h1-4,9-10,19H,5-8H2,(H,20,21). The van der Waals surface area contributed by atoms with Gasteiger partial charge in [0.25, 0.3) is 0 Å². The predicted octanol–water partition coefficient (Wildman–Crippen LogP) is 3.25. The monoisotopic (exact) mass is 295 g/mol. The first-order valence-corrected chi connectivity index (χ1v) is 6.95. The summed E-state index contributed by atoms with van der Waals surface area (Å²) < 4.78 is 39.1. The normalized spacial score (nSPS) is 19.1. The van der Waals surface area contributed by atoms with E-state index < -0.39 is 11.7 Å². The summed E-state index contributed by atoms with van der Waals surface area (Å²) >= 11 is 0. The Balaban J connectivity index is 1.86. The van der Waals surface area contributed by atoms with Crippen LogP contribution in [0.5, 0.6) is 0 Å². The summed E-state index contributed by atoms with van der Waals surface area (Å²) in [4.78, 5) is 7.26. The maximum atomic E-state index is 13.0. The molecule has 2 heterocycles. The number of H-pyrrole nitrogens is 1. The van der Waals surface area contributed by atoms with E-state index in [0.717, 1.165) is 37.8 Å². The molecule has 6 heteroatoms. The van der Waals surface area contributed by atoms with Gasteiger partial charge >= 0.3 is 6.18 Å². The second-order valence-corrected chi connectivity index (χ2v) is 5.35. The molecule has 3 nitrogen and oxygen atoms in total. The molecular formula is C15H16F3N3. The maximum Gasteiger partial charge on any atom is 0.417 e. The molecule has 0 amide bonds. The third-order valence-electron chi connectivity index (χ3n) is 3.80. The minimum absolute atomic E-state index is 0.147. The smallest absolute Gasteiger partial charge is 0.342 e. The molecule has 1 aliphatic rings. The predicted molar refractivity (Wildman–Crippen MR) is 73.7 cm³/mol. The van der Waals surface area contributed by atoms with Crippen LogP contribution in [0.1, 0.15) is 17.8 Å². The van der Waals surface area contributed by atoms with Gasteiger partial charge in [0, 0.05) is 12.0 Å². The van der Waals surface area contributed by atoms with E-state index >= 15 is 0 Å². The van der Waals surface area contributed by atoms with Crippen LogP contribution in [-0.2, 0) is 12.6 Å². The van der Waals surface area contributed by atoms with Gasteiger partial charge in [-0.3, -0.25) is 0 Å². The van der Waals surface area contributed by atoms with E-state index in [2.05, 4.69) is 15.3 Å². The van der Waals surface area contributed by atoms with Crippen molar-refractivity contribution in [2.75, 3.05) is 13.1 Å². The number of alkyl halides is 3. The van der Waals surface area contributed by atoms with Crippen LogP contribution in [0.4, 0.5) is 13.2 Å². The quantitative estimate of drug-likeness (QED) is 0.912. The van der Waals surface area contributed by atoms with E-state index in [4.69, 9.17) is 0 Å². The topological polar surface area (TPSA) is 40.7 Å². The number of hydrogen-bond donors (Lipinski definition) is 2. The number of imidazole rings is 1. The first kappa shape index (κ1) is 14.1. The van der Waals surface area contributed by atoms with Crippen LogP contribution in [0.3, 0.4) is 0 Å². The molecule has 1 aromatic carbocycles. The highest BCUT2D eigenvalue weighted by molar-refractivity contribution is 5.64. The Bertz CT molecular complexity index is 613. The molecule has 1 fully saturated rings. The first-order chi connectivity index (χ1) is 10.0. The lowest BCUT2D eigenvalue weighted by atomic mass is 10.0. The molecule has 0 bridgehead atoms. The number of nitrogens with one attached hydrogen (secondary N) is 2. The molecule has 2 aromatic rings. The van der Waals surface area contributed by atoms with E-state index in [-0.39, 0.29) is 5.56 Å². The third kappa shape index (κ3) is 3.10. The van der Waals surface area contributed by atoms with Crippen LogP contribution in [0.15, 0.2) is 30.5 Å². The second kappa shape index (κ2) is 5.52. The number of rotatable bonds is 3. The van der Waals surface area contributed by atoms with Gasteiger partial charge in [-0.15, -0.1) is 0 Å². The van der Waals surface area contributed by atoms with Gasteiger partial charge in [0.05, 0.1) is 17.5 Å². The van der Waals surface area contributed by atoms with Gasteiger partial charge in [0.2, 0.25) is 0 Å². The fourth-order valence-corrected chi connectivity index (χ4v) is 2.73. The van der Waals surface area contributed by atoms with Gasteiger partial charge in [-0.05, 0) is 31.5 Å². The zero-order valence-electron chi connectivity index (χ0n) is 11.4. The van der Waals surface area contributed by atoms with Gasteiger partial charge < -0.3 is 10.3 Å². The highest BCUT2D eigenvalue weighted by Gasteiger charge is 2.33. The molecular weight excluding hydrogens is 279 g/mol. The first-order valence-electron chi connectivity index (χ1n) is 6.95. The molecule has 0 spiro atoms. The van der Waals surface area contributed by atoms with Gasteiger partial charge in [0.1, 0.15) is 5.82 Å². The summed E-state index contributed by atoms with van der Waals surface area (Å²) in [5, 5.41) is 3.27. The van der Waals surface area contributed by atoms with Crippen LogP contribution >= 0.6 is 0 Å². The van der Waals surface area contributed by atoms with Crippen molar-refractivity contribution in [3.05, 3.63) is 41.9 Å². The number of aromatic amines is 1. The highest BCUT2D eigenvalue weighted by Crippen LogP contribution is 2.36. The summed E-state index contributed by atoms with van der Waals surface area (Å²) in [6.45, 7) is 1.93. The van der Waals surface area contributed by atoms with Crippen molar-refractivity contribution >= 4 is 0 Å².